The Morgan fingerprint density at radius 2 is 1.96 bits per heavy atom. The van der Waals surface area contributed by atoms with E-state index in [1.54, 1.807) is 6.07 Å². The second-order valence-electron chi connectivity index (χ2n) is 6.15. The second kappa shape index (κ2) is 4.92. The van der Waals surface area contributed by atoms with Crippen molar-refractivity contribution in [2.45, 2.75) is 42.4 Å². The number of sulfone groups is 1. The van der Waals surface area contributed by atoms with Crippen molar-refractivity contribution < 1.29 is 26.0 Å². The third kappa shape index (κ3) is 2.23. The predicted octanol–water partition coefficient (Wildman–Crippen LogP) is 1.93. The average Bonchev–Trinajstić information content (AvgIpc) is 2.87. The number of nitrogens with one attached hydrogen (secondary N) is 1. The first-order valence-electron chi connectivity index (χ1n) is 7.35. The van der Waals surface area contributed by atoms with E-state index >= 15 is 0 Å². The van der Waals surface area contributed by atoms with Gasteiger partial charge >= 0.3 is 0 Å². The van der Waals surface area contributed by atoms with Crippen molar-refractivity contribution in [3.05, 3.63) is 35.6 Å². The summed E-state index contributed by atoms with van der Waals surface area (Å²) in [6, 6.07) is 4.98. The number of aliphatic imine (C=N–C) groups is 1. The molecule has 24 heavy (non-hydrogen) atoms. The molecule has 1 N–H and O–H groups in total. The van der Waals surface area contributed by atoms with Gasteiger partial charge in [0.05, 0.1) is 6.04 Å². The normalized spacial score (nSPS) is 34.6. The topological polar surface area (TPSA) is 61.8 Å². The summed E-state index contributed by atoms with van der Waals surface area (Å²) in [6.07, 6.45) is -3.55. The number of alkyl halides is 3. The van der Waals surface area contributed by atoms with Crippen LogP contribution in [0.15, 0.2) is 29.3 Å². The Labute approximate surface area is 135 Å². The minimum absolute atomic E-state index is 0.0744. The number of amidine groups is 1. The summed E-state index contributed by atoms with van der Waals surface area (Å²) in [7, 11) is -4.37. The molecule has 2 fully saturated rings. The lowest BCUT2D eigenvalue weighted by molar-refractivity contribution is 0.121. The summed E-state index contributed by atoms with van der Waals surface area (Å²) in [5.41, 5.74) is 2.61. The van der Waals surface area contributed by atoms with E-state index in [0.717, 1.165) is 0 Å². The Kier molecular flexibility index (Phi) is 3.24. The highest BCUT2D eigenvalue weighted by atomic mass is 32.2. The molecule has 5 nitrogen and oxygen atoms in total. The molecule has 10 heteroatoms. The molecule has 1 saturated carbocycles. The van der Waals surface area contributed by atoms with E-state index < -0.39 is 56.8 Å². The molecular weight excluding hydrogens is 350 g/mol. The summed E-state index contributed by atoms with van der Waals surface area (Å²) < 4.78 is 78.7. The van der Waals surface area contributed by atoms with E-state index in [1.807, 2.05) is 0 Å². The van der Waals surface area contributed by atoms with Crippen LogP contribution >= 0.6 is 0 Å². The van der Waals surface area contributed by atoms with Crippen molar-refractivity contribution in [1.29, 1.82) is 0 Å². The smallest absolute Gasteiger partial charge is 0.266 e. The molecule has 0 spiro atoms. The Hall–Kier alpha value is -1.68. The molecule has 1 aromatic carbocycles. The van der Waals surface area contributed by atoms with E-state index in [9.17, 15) is 26.0 Å². The highest BCUT2D eigenvalue weighted by Crippen LogP contribution is 2.48. The van der Waals surface area contributed by atoms with Crippen LogP contribution in [0.2, 0.25) is 0 Å². The van der Waals surface area contributed by atoms with Crippen LogP contribution in [0.3, 0.4) is 0 Å². The van der Waals surface area contributed by atoms with E-state index in [4.69, 9.17) is 0 Å². The maximum atomic E-state index is 14.2. The fourth-order valence-electron chi connectivity index (χ4n) is 3.17. The highest BCUT2D eigenvalue weighted by molar-refractivity contribution is 8.07. The summed E-state index contributed by atoms with van der Waals surface area (Å²) in [5, 5.41) is -1.31. The summed E-state index contributed by atoms with van der Waals surface area (Å²) in [5.74, 6) is -3.84. The molecule has 1 aromatic rings. The first-order chi connectivity index (χ1) is 11.2. The van der Waals surface area contributed by atoms with Crippen molar-refractivity contribution in [3.8, 4) is 0 Å². The quantitative estimate of drug-likeness (QED) is 0.816. The lowest BCUT2D eigenvalue weighted by Gasteiger charge is -2.23. The number of halogens is 4. The van der Waals surface area contributed by atoms with Gasteiger partial charge in [-0.3, -0.25) is 5.43 Å². The number of hydrogen-bond acceptors (Lipinski definition) is 5. The molecule has 130 valence electrons. The Morgan fingerprint density at radius 3 is 2.58 bits per heavy atom. The summed E-state index contributed by atoms with van der Waals surface area (Å²) in [4.78, 5) is 3.75. The number of rotatable bonds is 2. The van der Waals surface area contributed by atoms with Crippen LogP contribution in [0.1, 0.15) is 24.4 Å². The molecule has 2 heterocycles. The van der Waals surface area contributed by atoms with Crippen LogP contribution < -0.4 is 5.43 Å². The molecule has 0 aromatic heterocycles. The van der Waals surface area contributed by atoms with Crippen molar-refractivity contribution in [2.75, 3.05) is 0 Å². The monoisotopic (exact) mass is 363 g/mol. The number of hydrogen-bond donors (Lipinski definition) is 1. The van der Waals surface area contributed by atoms with Crippen LogP contribution in [0, 0.1) is 5.82 Å². The molecule has 2 aliphatic heterocycles. The van der Waals surface area contributed by atoms with Gasteiger partial charge in [-0.1, -0.05) is 18.2 Å². The zero-order valence-electron chi connectivity index (χ0n) is 12.2. The first-order valence-corrected chi connectivity index (χ1v) is 8.89. The van der Waals surface area contributed by atoms with Gasteiger partial charge in [-0.25, -0.2) is 31.0 Å². The van der Waals surface area contributed by atoms with Gasteiger partial charge < -0.3 is 0 Å². The molecule has 0 radical (unpaired) electrons. The van der Waals surface area contributed by atoms with Crippen LogP contribution in [0.25, 0.3) is 0 Å². The van der Waals surface area contributed by atoms with Gasteiger partial charge in [-0.2, -0.15) is 5.01 Å². The van der Waals surface area contributed by atoms with E-state index in [2.05, 4.69) is 10.4 Å². The third-order valence-corrected chi connectivity index (χ3v) is 6.54. The van der Waals surface area contributed by atoms with Crippen molar-refractivity contribution >= 4 is 15.0 Å². The Balaban J connectivity index is 1.63. The van der Waals surface area contributed by atoms with Gasteiger partial charge in [-0.15, -0.1) is 0 Å². The number of nitrogens with zero attached hydrogens (tertiary/aromatic N) is 2. The van der Waals surface area contributed by atoms with E-state index in [1.165, 1.54) is 23.2 Å². The minimum Gasteiger partial charge on any atom is -0.291 e. The lowest BCUT2D eigenvalue weighted by atomic mass is 10.0. The van der Waals surface area contributed by atoms with Gasteiger partial charge in [0.1, 0.15) is 17.2 Å². The maximum absolute atomic E-state index is 14.2. The summed E-state index contributed by atoms with van der Waals surface area (Å²) >= 11 is 0. The van der Waals surface area contributed by atoms with Crippen LogP contribution in [0.5, 0.6) is 0 Å². The van der Waals surface area contributed by atoms with E-state index in [-0.39, 0.29) is 12.0 Å². The summed E-state index contributed by atoms with van der Waals surface area (Å²) in [6.45, 7) is 0. The van der Waals surface area contributed by atoms with E-state index in [0.29, 0.717) is 0 Å². The first kappa shape index (κ1) is 15.8. The maximum Gasteiger partial charge on any atom is 0.266 e. The molecular formula is C14H13F4N3O2S. The molecule has 4 rings (SSSR count). The van der Waals surface area contributed by atoms with Crippen LogP contribution in [0.4, 0.5) is 17.6 Å². The number of benzene rings is 1. The zero-order valence-corrected chi connectivity index (χ0v) is 13.0. The standard InChI is InChI=1S/C14H13F4N3O2S/c15-8-4-2-1-3-7(8)10-5-9(16)12-19-13(20-21(10)12)24(22,23)11-6-14(11,17)18/h1-4,9-12H,5-6H2,(H,19,20)/t9-,10-,11?,12?/m0/s1. The molecule has 4 atom stereocenters. The molecule has 1 aliphatic carbocycles. The van der Waals surface area contributed by atoms with Crippen LogP contribution in [-0.4, -0.2) is 42.1 Å². The SMILES string of the molecule is O=S(=O)(C1=NC2[C@@H](F)C[C@@H](c3ccccc3F)N2N1)C1CC1(F)F. The van der Waals surface area contributed by atoms with Crippen molar-refractivity contribution in [2.24, 2.45) is 4.99 Å². The largest absolute Gasteiger partial charge is 0.291 e. The Morgan fingerprint density at radius 1 is 1.29 bits per heavy atom. The molecule has 0 amide bonds. The highest BCUT2D eigenvalue weighted by Gasteiger charge is 2.66. The number of hydrazine groups is 1. The van der Waals surface area contributed by atoms with Gasteiger partial charge in [0.15, 0.2) is 6.17 Å². The fourth-order valence-corrected chi connectivity index (χ4v) is 4.83. The fraction of sp³-hybridized carbons (Fsp3) is 0.500. The molecule has 2 unspecified atom stereocenters. The number of fused-ring (bicyclic) bond motifs is 1. The van der Waals surface area contributed by atoms with Crippen LogP contribution in [-0.2, 0) is 9.84 Å². The van der Waals surface area contributed by atoms with Gasteiger partial charge in [0.25, 0.3) is 5.92 Å². The Bertz CT molecular complexity index is 829. The molecule has 3 aliphatic rings. The van der Waals surface area contributed by atoms with Gasteiger partial charge in [0, 0.05) is 18.4 Å². The predicted molar refractivity (Wildman–Crippen MR) is 77.1 cm³/mol. The molecule has 1 saturated heterocycles. The van der Waals surface area contributed by atoms with Gasteiger partial charge in [-0.05, 0) is 6.07 Å². The van der Waals surface area contributed by atoms with Crippen molar-refractivity contribution in [1.82, 2.24) is 10.4 Å². The molecule has 0 bridgehead atoms. The zero-order chi connectivity index (χ0) is 17.3. The average molecular weight is 363 g/mol. The second-order valence-corrected chi connectivity index (χ2v) is 8.20. The van der Waals surface area contributed by atoms with Gasteiger partial charge in [0.2, 0.25) is 15.0 Å². The minimum atomic E-state index is -4.37. The third-order valence-electron chi connectivity index (χ3n) is 4.54. The lowest BCUT2D eigenvalue weighted by Crippen LogP contribution is -2.43. The van der Waals surface area contributed by atoms with Crippen molar-refractivity contribution in [3.63, 3.8) is 0 Å².